The van der Waals surface area contributed by atoms with Crippen molar-refractivity contribution < 1.29 is 2.74 Å². The van der Waals surface area contributed by atoms with Crippen LogP contribution in [0.3, 0.4) is 0 Å². The summed E-state index contributed by atoms with van der Waals surface area (Å²) < 4.78 is 14.5. The summed E-state index contributed by atoms with van der Waals surface area (Å²) in [6.45, 7) is 1.97. The molecule has 0 aromatic carbocycles. The molecule has 0 spiro atoms. The Bertz CT molecular complexity index is 235. The van der Waals surface area contributed by atoms with Crippen molar-refractivity contribution in [1.82, 2.24) is 4.98 Å². The fraction of sp³-hybridized carbons (Fsp3) is 0.286. The first-order valence-corrected chi connectivity index (χ1v) is 2.66. The Balaban J connectivity index is 3.14. The highest BCUT2D eigenvalue weighted by atomic mass is 14.6. The van der Waals surface area contributed by atoms with Crippen molar-refractivity contribution >= 4 is 0 Å². The molecule has 0 aliphatic rings. The van der Waals surface area contributed by atoms with Gasteiger partial charge in [-0.15, -0.1) is 0 Å². The van der Waals surface area contributed by atoms with Gasteiger partial charge in [-0.2, -0.15) is 0 Å². The predicted octanol–water partition coefficient (Wildman–Crippen LogP) is 1.64. The van der Waals surface area contributed by atoms with E-state index >= 15 is 0 Å². The molecule has 8 heavy (non-hydrogen) atoms. The second kappa shape index (κ2) is 2.46. The van der Waals surface area contributed by atoms with Crippen molar-refractivity contribution in [1.29, 1.82) is 0 Å². The van der Waals surface area contributed by atoms with Crippen LogP contribution in [0.2, 0.25) is 0 Å². The monoisotopic (exact) mass is 109 g/mol. The number of hydrogen-bond donors (Lipinski definition) is 0. The fourth-order valence-electron chi connectivity index (χ4n) is 0.516. The summed E-state index contributed by atoms with van der Waals surface area (Å²) in [7, 11) is 0. The summed E-state index contributed by atoms with van der Waals surface area (Å²) >= 11 is 0. The van der Waals surface area contributed by atoms with Crippen LogP contribution in [-0.4, -0.2) is 4.98 Å². The third-order valence-corrected chi connectivity index (χ3v) is 1.01. The summed E-state index contributed by atoms with van der Waals surface area (Å²) in [5.74, 6) is 0. The van der Waals surface area contributed by atoms with Gasteiger partial charge in [-0.3, -0.25) is 4.98 Å². The lowest BCUT2D eigenvalue weighted by molar-refractivity contribution is 1.12. The Hall–Kier alpha value is -0.850. The molecular formula is C7H9N. The lowest BCUT2D eigenvalue weighted by Gasteiger charge is -1.89. The Morgan fingerprint density at radius 1 is 1.88 bits per heavy atom. The van der Waals surface area contributed by atoms with Crippen molar-refractivity contribution in [3.63, 3.8) is 0 Å². The number of aryl methyl sites for hydroxylation is 1. The van der Waals surface area contributed by atoms with Crippen LogP contribution in [0, 0.1) is 0 Å². The maximum Gasteiger partial charge on any atom is 0.0840 e. The third kappa shape index (κ3) is 1.06. The van der Waals surface area contributed by atoms with Gasteiger partial charge in [0.2, 0.25) is 0 Å². The van der Waals surface area contributed by atoms with E-state index in [0.29, 0.717) is 0 Å². The second-order valence-corrected chi connectivity index (χ2v) is 1.56. The van der Waals surface area contributed by atoms with E-state index in [-0.39, 0.29) is 12.2 Å². The van der Waals surface area contributed by atoms with E-state index in [2.05, 4.69) is 4.98 Å². The summed E-state index contributed by atoms with van der Waals surface area (Å²) in [6, 6.07) is 2.03. The molecule has 0 fully saturated rings. The molecule has 0 aliphatic heterocycles. The average Bonchev–Trinajstić information content (AvgIpc) is 1.95. The van der Waals surface area contributed by atoms with Crippen molar-refractivity contribution in [2.24, 2.45) is 0 Å². The van der Waals surface area contributed by atoms with Gasteiger partial charge in [0.15, 0.2) is 0 Å². The molecule has 1 aromatic heterocycles. The molecule has 1 rings (SSSR count). The maximum absolute atomic E-state index is 7.35. The minimum absolute atomic E-state index is 0.0688. The minimum atomic E-state index is 0.0688. The molecule has 0 unspecified atom stereocenters. The van der Waals surface area contributed by atoms with E-state index in [9.17, 15) is 0 Å². The first-order chi connectivity index (χ1) is 4.75. The summed E-state index contributed by atoms with van der Waals surface area (Å²) in [5.41, 5.74) is 0.889. The zero-order chi connectivity index (χ0) is 7.56. The molecule has 1 nitrogen and oxygen atoms in total. The summed E-state index contributed by atoms with van der Waals surface area (Å²) in [4.78, 5) is 3.67. The van der Waals surface area contributed by atoms with Gasteiger partial charge in [0.25, 0.3) is 0 Å². The van der Waals surface area contributed by atoms with E-state index in [1.54, 1.807) is 12.3 Å². The lowest BCUT2D eigenvalue weighted by Crippen LogP contribution is -1.76. The van der Waals surface area contributed by atoms with E-state index < -0.39 is 0 Å². The SMILES string of the molecule is [2H]c1nccc(CC)c1[2H]. The van der Waals surface area contributed by atoms with Crippen molar-refractivity contribution in [2.75, 3.05) is 0 Å². The number of rotatable bonds is 1. The molecule has 1 heteroatoms. The van der Waals surface area contributed by atoms with E-state index in [4.69, 9.17) is 2.74 Å². The third-order valence-electron chi connectivity index (χ3n) is 1.01. The zero-order valence-electron chi connectivity index (χ0n) is 6.81. The van der Waals surface area contributed by atoms with Crippen molar-refractivity contribution in [3.05, 3.63) is 30.0 Å². The Kier molecular flexibility index (Phi) is 0.992. The molecule has 0 N–H and O–H groups in total. The number of nitrogens with zero attached hydrogens (tertiary/aromatic N) is 1. The van der Waals surface area contributed by atoms with Crippen molar-refractivity contribution in [3.8, 4) is 0 Å². The fourth-order valence-corrected chi connectivity index (χ4v) is 0.516. The van der Waals surface area contributed by atoms with Crippen LogP contribution in [0.15, 0.2) is 24.5 Å². The number of aromatic nitrogens is 1. The molecule has 1 aromatic rings. The molecule has 0 atom stereocenters. The Morgan fingerprint density at radius 2 is 2.75 bits per heavy atom. The molecule has 0 saturated heterocycles. The summed E-state index contributed by atoms with van der Waals surface area (Å²) in [6.07, 6.45) is 2.44. The average molecular weight is 109 g/mol. The van der Waals surface area contributed by atoms with Gasteiger partial charge in [-0.05, 0) is 24.1 Å². The van der Waals surface area contributed by atoms with Gasteiger partial charge in [0.1, 0.15) is 0 Å². The van der Waals surface area contributed by atoms with Crippen molar-refractivity contribution in [2.45, 2.75) is 13.3 Å². The molecule has 0 saturated carbocycles. The molecule has 1 heterocycles. The molecule has 0 amide bonds. The van der Waals surface area contributed by atoms with Crippen LogP contribution in [0.25, 0.3) is 0 Å². The van der Waals surface area contributed by atoms with E-state index in [1.165, 1.54) is 0 Å². The Morgan fingerprint density at radius 3 is 3.38 bits per heavy atom. The standard InChI is InChI=1S/C7H9N/c1-2-7-3-5-8-6-4-7/h3-6H,2H2,1H3/i3D,5D. The zero-order valence-corrected chi connectivity index (χ0v) is 4.81. The van der Waals surface area contributed by atoms with Crippen LogP contribution >= 0.6 is 0 Å². The largest absolute Gasteiger partial charge is 0.265 e. The van der Waals surface area contributed by atoms with Crippen LogP contribution in [0.5, 0.6) is 0 Å². The number of hydrogen-bond acceptors (Lipinski definition) is 1. The summed E-state index contributed by atoms with van der Waals surface area (Å²) in [5, 5.41) is 0. The molecular weight excluding hydrogens is 98.1 g/mol. The van der Waals surface area contributed by atoms with Gasteiger partial charge in [-0.1, -0.05) is 6.92 Å². The van der Waals surface area contributed by atoms with Gasteiger partial charge < -0.3 is 0 Å². The second-order valence-electron chi connectivity index (χ2n) is 1.56. The highest BCUT2D eigenvalue weighted by molar-refractivity contribution is 5.08. The molecule has 0 radical (unpaired) electrons. The van der Waals surface area contributed by atoms with Gasteiger partial charge >= 0.3 is 0 Å². The smallest absolute Gasteiger partial charge is 0.0840 e. The topological polar surface area (TPSA) is 12.9 Å². The molecule has 42 valence electrons. The normalized spacial score (nSPS) is 12.6. The first kappa shape index (κ1) is 3.23. The molecule has 0 bridgehead atoms. The van der Waals surface area contributed by atoms with Crippen LogP contribution in [-0.2, 0) is 6.42 Å². The maximum atomic E-state index is 7.35. The van der Waals surface area contributed by atoms with Crippen LogP contribution < -0.4 is 0 Å². The first-order valence-electron chi connectivity index (χ1n) is 3.66. The number of pyridine rings is 1. The highest BCUT2D eigenvalue weighted by Crippen LogP contribution is 1.94. The van der Waals surface area contributed by atoms with E-state index in [0.717, 1.165) is 12.0 Å². The lowest BCUT2D eigenvalue weighted by atomic mass is 10.2. The van der Waals surface area contributed by atoms with Crippen LogP contribution in [0.4, 0.5) is 0 Å². The molecule has 0 aliphatic carbocycles. The van der Waals surface area contributed by atoms with Gasteiger partial charge in [-0.25, -0.2) is 0 Å². The van der Waals surface area contributed by atoms with Gasteiger partial charge in [0.05, 0.1) is 2.74 Å². The minimum Gasteiger partial charge on any atom is -0.265 e. The van der Waals surface area contributed by atoms with Gasteiger partial charge in [0, 0.05) is 12.4 Å². The highest BCUT2D eigenvalue weighted by Gasteiger charge is 1.80. The van der Waals surface area contributed by atoms with Crippen LogP contribution in [0.1, 0.15) is 15.2 Å². The van der Waals surface area contributed by atoms with E-state index in [1.807, 2.05) is 6.92 Å². The Labute approximate surface area is 52.2 Å². The predicted molar refractivity (Wildman–Crippen MR) is 33.6 cm³/mol. The quantitative estimate of drug-likeness (QED) is 0.534.